The number of alkyl halides is 1. The Balaban J connectivity index is 1.78. The van der Waals surface area contributed by atoms with Gasteiger partial charge in [-0.2, -0.15) is 0 Å². The SMILES string of the molecule is O=C1O[C@@H](CO)CN1c1cccc(N2CCO[C@H](F)C2)c1. The molecule has 2 aliphatic heterocycles. The highest BCUT2D eigenvalue weighted by Gasteiger charge is 2.32. The van der Waals surface area contributed by atoms with Gasteiger partial charge in [-0.05, 0) is 18.2 Å². The van der Waals surface area contributed by atoms with Crippen LogP contribution in [0.4, 0.5) is 20.6 Å². The third-order valence-corrected chi connectivity index (χ3v) is 3.61. The number of cyclic esters (lactones) is 1. The summed E-state index contributed by atoms with van der Waals surface area (Å²) in [6.07, 6.45) is -2.27. The van der Waals surface area contributed by atoms with E-state index in [0.29, 0.717) is 25.4 Å². The maximum absolute atomic E-state index is 13.3. The van der Waals surface area contributed by atoms with Gasteiger partial charge in [-0.3, -0.25) is 4.90 Å². The minimum Gasteiger partial charge on any atom is -0.441 e. The predicted octanol–water partition coefficient (Wildman–Crippen LogP) is 1.14. The third kappa shape index (κ3) is 2.93. The first-order chi connectivity index (χ1) is 10.2. The predicted molar refractivity (Wildman–Crippen MR) is 74.2 cm³/mol. The highest BCUT2D eigenvalue weighted by atomic mass is 19.1. The van der Waals surface area contributed by atoms with Crippen molar-refractivity contribution in [2.75, 3.05) is 42.6 Å². The van der Waals surface area contributed by atoms with E-state index in [9.17, 15) is 9.18 Å². The molecule has 0 radical (unpaired) electrons. The van der Waals surface area contributed by atoms with Crippen molar-refractivity contribution in [1.82, 2.24) is 0 Å². The zero-order chi connectivity index (χ0) is 14.8. The molecule has 2 saturated heterocycles. The monoisotopic (exact) mass is 296 g/mol. The molecule has 21 heavy (non-hydrogen) atoms. The molecule has 0 aliphatic carbocycles. The van der Waals surface area contributed by atoms with Crippen LogP contribution in [0.3, 0.4) is 0 Å². The van der Waals surface area contributed by atoms with E-state index in [1.807, 2.05) is 23.1 Å². The zero-order valence-electron chi connectivity index (χ0n) is 11.4. The topological polar surface area (TPSA) is 62.2 Å². The molecule has 0 bridgehead atoms. The van der Waals surface area contributed by atoms with Gasteiger partial charge in [-0.15, -0.1) is 0 Å². The van der Waals surface area contributed by atoms with Gasteiger partial charge in [-0.25, -0.2) is 9.18 Å². The lowest BCUT2D eigenvalue weighted by molar-refractivity contribution is -0.0465. The average molecular weight is 296 g/mol. The van der Waals surface area contributed by atoms with E-state index in [1.165, 1.54) is 4.90 Å². The number of ether oxygens (including phenoxy) is 2. The molecule has 0 spiro atoms. The van der Waals surface area contributed by atoms with E-state index in [1.54, 1.807) is 6.07 Å². The number of hydrogen-bond donors (Lipinski definition) is 1. The number of rotatable bonds is 3. The molecule has 0 saturated carbocycles. The summed E-state index contributed by atoms with van der Waals surface area (Å²) < 4.78 is 23.2. The lowest BCUT2D eigenvalue weighted by Crippen LogP contribution is -2.40. The molecule has 1 aromatic rings. The third-order valence-electron chi connectivity index (χ3n) is 3.61. The van der Waals surface area contributed by atoms with Crippen molar-refractivity contribution in [1.29, 1.82) is 0 Å². The molecular weight excluding hydrogens is 279 g/mol. The number of aliphatic hydroxyl groups is 1. The summed E-state index contributed by atoms with van der Waals surface area (Å²) in [6, 6.07) is 7.29. The molecule has 1 aromatic carbocycles. The van der Waals surface area contributed by atoms with E-state index in [2.05, 4.69) is 0 Å². The van der Waals surface area contributed by atoms with Gasteiger partial charge in [0.25, 0.3) is 0 Å². The van der Waals surface area contributed by atoms with Crippen molar-refractivity contribution in [2.24, 2.45) is 0 Å². The van der Waals surface area contributed by atoms with Gasteiger partial charge >= 0.3 is 6.09 Å². The largest absolute Gasteiger partial charge is 0.441 e. The summed E-state index contributed by atoms with van der Waals surface area (Å²) >= 11 is 0. The number of benzene rings is 1. The zero-order valence-corrected chi connectivity index (χ0v) is 11.4. The Hall–Kier alpha value is -1.86. The van der Waals surface area contributed by atoms with Gasteiger partial charge in [-0.1, -0.05) is 6.07 Å². The van der Waals surface area contributed by atoms with Gasteiger partial charge in [0.2, 0.25) is 6.36 Å². The molecule has 1 amide bonds. The normalized spacial score (nSPS) is 26.1. The van der Waals surface area contributed by atoms with Gasteiger partial charge in [0.05, 0.1) is 26.3 Å². The number of morpholine rings is 1. The summed E-state index contributed by atoms with van der Waals surface area (Å²) in [6.45, 7) is 1.23. The van der Waals surface area contributed by atoms with Crippen LogP contribution >= 0.6 is 0 Å². The smallest absolute Gasteiger partial charge is 0.414 e. The van der Waals surface area contributed by atoms with E-state index in [4.69, 9.17) is 14.6 Å². The molecule has 2 heterocycles. The van der Waals surface area contributed by atoms with Crippen molar-refractivity contribution in [3.05, 3.63) is 24.3 Å². The van der Waals surface area contributed by atoms with Crippen molar-refractivity contribution in [3.8, 4) is 0 Å². The fourth-order valence-electron chi connectivity index (χ4n) is 2.53. The minimum absolute atomic E-state index is 0.174. The highest BCUT2D eigenvalue weighted by Crippen LogP contribution is 2.27. The lowest BCUT2D eigenvalue weighted by Gasteiger charge is -2.31. The van der Waals surface area contributed by atoms with E-state index in [0.717, 1.165) is 5.69 Å². The van der Waals surface area contributed by atoms with Crippen LogP contribution in [0, 0.1) is 0 Å². The maximum atomic E-state index is 13.3. The summed E-state index contributed by atoms with van der Waals surface area (Å²) in [5, 5.41) is 9.07. The Morgan fingerprint density at radius 3 is 2.86 bits per heavy atom. The number of anilines is 2. The molecule has 3 rings (SSSR count). The van der Waals surface area contributed by atoms with Crippen LogP contribution in [0.5, 0.6) is 0 Å². The Labute approximate surface area is 121 Å². The van der Waals surface area contributed by atoms with Crippen LogP contribution in [0.15, 0.2) is 24.3 Å². The van der Waals surface area contributed by atoms with Gasteiger partial charge in [0.1, 0.15) is 6.10 Å². The first-order valence-corrected chi connectivity index (χ1v) is 6.87. The van der Waals surface area contributed by atoms with E-state index in [-0.39, 0.29) is 13.2 Å². The Morgan fingerprint density at radius 2 is 2.14 bits per heavy atom. The molecule has 6 nitrogen and oxygen atoms in total. The van der Waals surface area contributed by atoms with Crippen molar-refractivity contribution in [2.45, 2.75) is 12.5 Å². The van der Waals surface area contributed by atoms with Gasteiger partial charge in [0.15, 0.2) is 0 Å². The fourth-order valence-corrected chi connectivity index (χ4v) is 2.53. The van der Waals surface area contributed by atoms with Gasteiger partial charge < -0.3 is 19.5 Å². The minimum atomic E-state index is -1.29. The van der Waals surface area contributed by atoms with Crippen LogP contribution in [-0.2, 0) is 9.47 Å². The van der Waals surface area contributed by atoms with Crippen LogP contribution in [0.25, 0.3) is 0 Å². The molecule has 2 fully saturated rings. The standard InChI is InChI=1S/C14H17FN2O4/c15-13-8-16(4-5-20-13)10-2-1-3-11(6-10)17-7-12(9-18)21-14(17)19/h1-3,6,12-13,18H,4-5,7-9H2/t12-,13+/m1/s1. The Kier molecular flexibility index (Phi) is 3.94. The van der Waals surface area contributed by atoms with E-state index >= 15 is 0 Å². The number of carbonyl (C=O) groups excluding carboxylic acids is 1. The van der Waals surface area contributed by atoms with Crippen LogP contribution in [0.1, 0.15) is 0 Å². The van der Waals surface area contributed by atoms with Crippen molar-refractivity contribution < 1.29 is 23.8 Å². The molecule has 2 aliphatic rings. The lowest BCUT2D eigenvalue weighted by atomic mass is 10.2. The highest BCUT2D eigenvalue weighted by molar-refractivity contribution is 5.90. The first-order valence-electron chi connectivity index (χ1n) is 6.87. The number of aliphatic hydroxyl groups excluding tert-OH is 1. The second-order valence-electron chi connectivity index (χ2n) is 5.05. The molecule has 1 N–H and O–H groups in total. The number of amides is 1. The molecule has 0 aromatic heterocycles. The second kappa shape index (κ2) is 5.87. The fraction of sp³-hybridized carbons (Fsp3) is 0.500. The van der Waals surface area contributed by atoms with Crippen molar-refractivity contribution in [3.63, 3.8) is 0 Å². The molecule has 2 atom stereocenters. The molecular formula is C14H17FN2O4. The number of hydrogen-bond acceptors (Lipinski definition) is 5. The summed E-state index contributed by atoms with van der Waals surface area (Å²) in [7, 11) is 0. The average Bonchev–Trinajstić information content (AvgIpc) is 2.89. The Morgan fingerprint density at radius 1 is 1.33 bits per heavy atom. The number of carbonyl (C=O) groups is 1. The van der Waals surface area contributed by atoms with Crippen LogP contribution in [-0.4, -0.2) is 56.5 Å². The first kappa shape index (κ1) is 14.1. The van der Waals surface area contributed by atoms with E-state index < -0.39 is 18.6 Å². The quantitative estimate of drug-likeness (QED) is 0.906. The molecule has 114 valence electrons. The number of halogens is 1. The summed E-state index contributed by atoms with van der Waals surface area (Å²) in [5.74, 6) is 0. The molecule has 7 heteroatoms. The number of nitrogens with zero attached hydrogens (tertiary/aromatic N) is 2. The Bertz CT molecular complexity index is 527. The molecule has 0 unspecified atom stereocenters. The van der Waals surface area contributed by atoms with Crippen molar-refractivity contribution >= 4 is 17.5 Å². The van der Waals surface area contributed by atoms with Gasteiger partial charge in [0, 0.05) is 17.9 Å². The van der Waals surface area contributed by atoms with Crippen LogP contribution in [0.2, 0.25) is 0 Å². The summed E-state index contributed by atoms with van der Waals surface area (Å²) in [4.78, 5) is 15.1. The maximum Gasteiger partial charge on any atom is 0.414 e. The second-order valence-corrected chi connectivity index (χ2v) is 5.05. The van der Waals surface area contributed by atoms with Crippen LogP contribution < -0.4 is 9.80 Å². The summed E-state index contributed by atoms with van der Waals surface area (Å²) in [5.41, 5.74) is 1.51.